The number of nitrogens with one attached hydrogen (secondary N) is 1. The van der Waals surface area contributed by atoms with Crippen molar-refractivity contribution < 1.29 is 14.2 Å². The third-order valence-corrected chi connectivity index (χ3v) is 2.31. The fourth-order valence-electron chi connectivity index (χ4n) is 0.996. The lowest BCUT2D eigenvalue weighted by atomic mass is 10.1. The van der Waals surface area contributed by atoms with Crippen molar-refractivity contribution in [2.75, 3.05) is 20.3 Å². The molecule has 4 heteroatoms. The monoisotopic (exact) mass is 213 g/mol. The molecule has 0 amide bonds. The molecule has 84 valence electrons. The van der Waals surface area contributed by atoms with Crippen molar-refractivity contribution in [3.05, 3.63) is 30.1 Å². The molecular weight excluding hydrogens is 197 g/mol. The van der Waals surface area contributed by atoms with Crippen molar-refractivity contribution in [2.24, 2.45) is 0 Å². The number of ether oxygens (including phenoxy) is 1. The maximum atomic E-state index is 12.8. The van der Waals surface area contributed by atoms with Gasteiger partial charge in [-0.1, -0.05) is 6.07 Å². The molecule has 1 unspecified atom stereocenters. The highest BCUT2D eigenvalue weighted by Crippen LogP contribution is 2.14. The SMILES string of the molecule is CNC(C)(CO)COc1cccc(F)c1. The zero-order valence-electron chi connectivity index (χ0n) is 8.96. The highest BCUT2D eigenvalue weighted by Gasteiger charge is 2.21. The lowest BCUT2D eigenvalue weighted by molar-refractivity contribution is 0.122. The van der Waals surface area contributed by atoms with Crippen LogP contribution < -0.4 is 10.1 Å². The zero-order chi connectivity index (χ0) is 11.3. The highest BCUT2D eigenvalue weighted by atomic mass is 19.1. The number of aliphatic hydroxyl groups excluding tert-OH is 1. The van der Waals surface area contributed by atoms with Crippen molar-refractivity contribution in [1.82, 2.24) is 5.32 Å². The Hall–Kier alpha value is -1.13. The molecule has 3 nitrogen and oxygen atoms in total. The summed E-state index contributed by atoms with van der Waals surface area (Å²) in [5.41, 5.74) is -0.508. The standard InChI is InChI=1S/C11H16FNO2/c1-11(7-14,13-2)8-15-10-5-3-4-9(12)6-10/h3-6,13-14H,7-8H2,1-2H3. The van der Waals surface area contributed by atoms with E-state index >= 15 is 0 Å². The second-order valence-corrected chi connectivity index (χ2v) is 3.71. The van der Waals surface area contributed by atoms with Crippen LogP contribution in [0.1, 0.15) is 6.92 Å². The van der Waals surface area contributed by atoms with Crippen molar-refractivity contribution in [3.8, 4) is 5.75 Å². The molecule has 1 atom stereocenters. The van der Waals surface area contributed by atoms with Crippen LogP contribution in [0.3, 0.4) is 0 Å². The van der Waals surface area contributed by atoms with Gasteiger partial charge in [-0.05, 0) is 26.1 Å². The summed E-state index contributed by atoms with van der Waals surface area (Å²) >= 11 is 0. The summed E-state index contributed by atoms with van der Waals surface area (Å²) in [7, 11) is 1.74. The largest absolute Gasteiger partial charge is 0.491 e. The van der Waals surface area contributed by atoms with Crippen LogP contribution in [-0.2, 0) is 0 Å². The predicted molar refractivity (Wildman–Crippen MR) is 56.4 cm³/mol. The van der Waals surface area contributed by atoms with Gasteiger partial charge in [-0.25, -0.2) is 4.39 Å². The number of hydrogen-bond donors (Lipinski definition) is 2. The fourth-order valence-corrected chi connectivity index (χ4v) is 0.996. The molecule has 1 rings (SSSR count). The molecule has 0 aliphatic carbocycles. The first-order valence-corrected chi connectivity index (χ1v) is 4.78. The van der Waals surface area contributed by atoms with Crippen LogP contribution in [0.25, 0.3) is 0 Å². The molecule has 15 heavy (non-hydrogen) atoms. The van der Waals surface area contributed by atoms with E-state index in [1.165, 1.54) is 12.1 Å². The first-order valence-electron chi connectivity index (χ1n) is 4.78. The van der Waals surface area contributed by atoms with Gasteiger partial charge in [-0.3, -0.25) is 0 Å². The Morgan fingerprint density at radius 2 is 2.27 bits per heavy atom. The molecule has 0 fully saturated rings. The molecule has 1 aromatic carbocycles. The van der Waals surface area contributed by atoms with Gasteiger partial charge in [0, 0.05) is 6.07 Å². The third kappa shape index (κ3) is 3.49. The molecule has 0 aromatic heterocycles. The Morgan fingerprint density at radius 3 is 2.80 bits per heavy atom. The summed E-state index contributed by atoms with van der Waals surface area (Å²) in [5, 5.41) is 12.0. The van der Waals surface area contributed by atoms with Crippen LogP contribution in [0, 0.1) is 5.82 Å². The molecule has 1 aromatic rings. The quantitative estimate of drug-likeness (QED) is 0.771. The van der Waals surface area contributed by atoms with Gasteiger partial charge in [0.25, 0.3) is 0 Å². The van der Waals surface area contributed by atoms with Crippen LogP contribution in [-0.4, -0.2) is 30.9 Å². The first kappa shape index (κ1) is 11.9. The van der Waals surface area contributed by atoms with E-state index in [1.807, 2.05) is 6.92 Å². The lowest BCUT2D eigenvalue weighted by Gasteiger charge is -2.26. The van der Waals surface area contributed by atoms with Gasteiger partial charge in [0.05, 0.1) is 12.1 Å². The molecule has 0 saturated heterocycles. The molecule has 0 radical (unpaired) electrons. The zero-order valence-corrected chi connectivity index (χ0v) is 8.96. The minimum atomic E-state index is -0.508. The fraction of sp³-hybridized carbons (Fsp3) is 0.455. The Kier molecular flexibility index (Phi) is 4.05. The van der Waals surface area contributed by atoms with Crippen molar-refractivity contribution >= 4 is 0 Å². The van der Waals surface area contributed by atoms with Crippen LogP contribution in [0.2, 0.25) is 0 Å². The number of hydrogen-bond acceptors (Lipinski definition) is 3. The maximum absolute atomic E-state index is 12.8. The molecule has 0 aliphatic heterocycles. The normalized spacial score (nSPS) is 14.7. The predicted octanol–water partition coefficient (Wildman–Crippen LogP) is 1.17. The van der Waals surface area contributed by atoms with Crippen molar-refractivity contribution in [2.45, 2.75) is 12.5 Å². The van der Waals surface area contributed by atoms with E-state index in [1.54, 1.807) is 19.2 Å². The first-order chi connectivity index (χ1) is 7.09. The van der Waals surface area contributed by atoms with Gasteiger partial charge in [0.15, 0.2) is 0 Å². The summed E-state index contributed by atoms with van der Waals surface area (Å²) < 4.78 is 18.2. The van der Waals surface area contributed by atoms with E-state index in [9.17, 15) is 4.39 Å². The van der Waals surface area contributed by atoms with E-state index in [4.69, 9.17) is 9.84 Å². The summed E-state index contributed by atoms with van der Waals surface area (Å²) in [6, 6.07) is 5.93. The van der Waals surface area contributed by atoms with E-state index in [0.717, 1.165) is 0 Å². The maximum Gasteiger partial charge on any atom is 0.126 e. The topological polar surface area (TPSA) is 41.5 Å². The average Bonchev–Trinajstić information content (AvgIpc) is 2.26. The number of benzene rings is 1. The second-order valence-electron chi connectivity index (χ2n) is 3.71. The molecule has 0 aliphatic rings. The van der Waals surface area contributed by atoms with Gasteiger partial charge < -0.3 is 15.2 Å². The summed E-state index contributed by atoms with van der Waals surface area (Å²) in [6.07, 6.45) is 0. The van der Waals surface area contributed by atoms with E-state index in [2.05, 4.69) is 5.32 Å². The smallest absolute Gasteiger partial charge is 0.126 e. The second kappa shape index (κ2) is 5.09. The summed E-state index contributed by atoms with van der Waals surface area (Å²) in [6.45, 7) is 2.06. The van der Waals surface area contributed by atoms with Gasteiger partial charge in [-0.2, -0.15) is 0 Å². The Bertz CT molecular complexity index is 313. The van der Waals surface area contributed by atoms with Crippen molar-refractivity contribution in [3.63, 3.8) is 0 Å². The molecule has 2 N–H and O–H groups in total. The molecular formula is C11H16FNO2. The molecule has 0 heterocycles. The van der Waals surface area contributed by atoms with Crippen LogP contribution in [0.4, 0.5) is 4.39 Å². The van der Waals surface area contributed by atoms with Gasteiger partial charge in [-0.15, -0.1) is 0 Å². The highest BCUT2D eigenvalue weighted by molar-refractivity contribution is 5.22. The minimum Gasteiger partial charge on any atom is -0.491 e. The van der Waals surface area contributed by atoms with E-state index in [0.29, 0.717) is 5.75 Å². The van der Waals surface area contributed by atoms with Crippen molar-refractivity contribution in [1.29, 1.82) is 0 Å². The Morgan fingerprint density at radius 1 is 1.53 bits per heavy atom. The number of halogens is 1. The Labute approximate surface area is 88.9 Å². The summed E-state index contributed by atoms with van der Waals surface area (Å²) in [4.78, 5) is 0. The van der Waals surface area contributed by atoms with Crippen LogP contribution >= 0.6 is 0 Å². The van der Waals surface area contributed by atoms with Gasteiger partial charge >= 0.3 is 0 Å². The van der Waals surface area contributed by atoms with Crippen LogP contribution in [0.15, 0.2) is 24.3 Å². The van der Waals surface area contributed by atoms with E-state index in [-0.39, 0.29) is 19.0 Å². The summed E-state index contributed by atoms with van der Waals surface area (Å²) in [5.74, 6) is 0.132. The lowest BCUT2D eigenvalue weighted by Crippen LogP contribution is -2.48. The van der Waals surface area contributed by atoms with Crippen LogP contribution in [0.5, 0.6) is 5.75 Å². The Balaban J connectivity index is 2.56. The number of rotatable bonds is 5. The third-order valence-electron chi connectivity index (χ3n) is 2.31. The van der Waals surface area contributed by atoms with Gasteiger partial charge in [0.2, 0.25) is 0 Å². The number of aliphatic hydroxyl groups is 1. The molecule has 0 bridgehead atoms. The number of likely N-dealkylation sites (N-methyl/N-ethyl adjacent to an activating group) is 1. The molecule has 0 saturated carbocycles. The minimum absolute atomic E-state index is 0.0428. The van der Waals surface area contributed by atoms with Gasteiger partial charge in [0.1, 0.15) is 18.2 Å². The molecule has 0 spiro atoms. The average molecular weight is 213 g/mol. The van der Waals surface area contributed by atoms with E-state index < -0.39 is 5.54 Å².